The van der Waals surface area contributed by atoms with Gasteiger partial charge in [0.25, 0.3) is 0 Å². The first-order chi connectivity index (χ1) is 15.3. The fourth-order valence-corrected chi connectivity index (χ4v) is 4.79. The number of hydrogen-bond donors (Lipinski definition) is 0. The molecule has 162 valence electrons. The molecule has 0 radical (unpaired) electrons. The second-order valence-electron chi connectivity index (χ2n) is 8.35. The molecule has 0 saturated carbocycles. The number of fused-ring (bicyclic) bond motifs is 1. The molecule has 3 aliphatic rings. The summed E-state index contributed by atoms with van der Waals surface area (Å²) >= 11 is 0. The van der Waals surface area contributed by atoms with Crippen LogP contribution in [0.2, 0.25) is 0 Å². The highest BCUT2D eigenvalue weighted by Crippen LogP contribution is 2.36. The predicted molar refractivity (Wildman–Crippen MR) is 119 cm³/mol. The van der Waals surface area contributed by atoms with E-state index in [9.17, 15) is 5.26 Å². The van der Waals surface area contributed by atoms with Crippen molar-refractivity contribution in [3.05, 3.63) is 52.6 Å². The molecule has 7 nitrogen and oxygen atoms in total. The molecule has 4 heterocycles. The topological polar surface area (TPSA) is 64.9 Å². The molecule has 0 aliphatic carbocycles. The highest BCUT2D eigenvalue weighted by molar-refractivity contribution is 5.68. The van der Waals surface area contributed by atoms with Crippen molar-refractivity contribution in [3.8, 4) is 6.07 Å². The molecule has 0 unspecified atom stereocenters. The highest BCUT2D eigenvalue weighted by Gasteiger charge is 2.30. The van der Waals surface area contributed by atoms with Crippen molar-refractivity contribution in [1.82, 2.24) is 9.88 Å². The van der Waals surface area contributed by atoms with E-state index in [1.807, 2.05) is 0 Å². The Morgan fingerprint density at radius 1 is 0.839 bits per heavy atom. The molecule has 1 aromatic heterocycles. The number of ether oxygens (including phenoxy) is 2. The maximum atomic E-state index is 10.1. The van der Waals surface area contributed by atoms with Crippen LogP contribution in [0.5, 0.6) is 0 Å². The average Bonchev–Trinajstić information content (AvgIpc) is 2.84. The zero-order valence-corrected chi connectivity index (χ0v) is 17.9. The number of pyridine rings is 1. The molecule has 2 fully saturated rings. The maximum absolute atomic E-state index is 10.1. The first-order valence-electron chi connectivity index (χ1n) is 11.2. The van der Waals surface area contributed by atoms with Gasteiger partial charge >= 0.3 is 0 Å². The number of rotatable bonds is 4. The van der Waals surface area contributed by atoms with E-state index in [1.165, 1.54) is 16.7 Å². The molecule has 0 bridgehead atoms. The number of nitrogens with zero attached hydrogens (tertiary/aromatic N) is 5. The number of anilines is 2. The molecule has 7 heteroatoms. The van der Waals surface area contributed by atoms with Crippen molar-refractivity contribution in [2.24, 2.45) is 0 Å². The fourth-order valence-electron chi connectivity index (χ4n) is 4.79. The minimum absolute atomic E-state index is 0.682. The summed E-state index contributed by atoms with van der Waals surface area (Å²) < 4.78 is 11.1. The molecule has 3 aliphatic heterocycles. The van der Waals surface area contributed by atoms with Crippen LogP contribution in [0.4, 0.5) is 11.6 Å². The zero-order chi connectivity index (χ0) is 21.0. The number of hydrogen-bond acceptors (Lipinski definition) is 7. The van der Waals surface area contributed by atoms with Crippen LogP contribution in [-0.2, 0) is 29.0 Å². The van der Waals surface area contributed by atoms with Gasteiger partial charge in [-0.15, -0.1) is 0 Å². The Balaban J connectivity index is 1.53. The SMILES string of the molecule is N#Cc1c(N2CCOCC2)nc(N2CCOCC2)c2c1CCN(Cc1ccccc1)C2. The van der Waals surface area contributed by atoms with E-state index in [-0.39, 0.29) is 0 Å². The lowest BCUT2D eigenvalue weighted by Crippen LogP contribution is -2.41. The summed E-state index contributed by atoms with van der Waals surface area (Å²) in [4.78, 5) is 12.2. The van der Waals surface area contributed by atoms with Crippen molar-refractivity contribution in [3.63, 3.8) is 0 Å². The Hall–Kier alpha value is -2.66. The Kier molecular flexibility index (Phi) is 6.03. The zero-order valence-electron chi connectivity index (χ0n) is 17.9. The van der Waals surface area contributed by atoms with Gasteiger partial charge in [-0.1, -0.05) is 30.3 Å². The number of morpholine rings is 2. The van der Waals surface area contributed by atoms with Gasteiger partial charge < -0.3 is 19.3 Å². The normalized spacial score (nSPS) is 19.7. The fraction of sp³-hybridized carbons (Fsp3) is 0.500. The van der Waals surface area contributed by atoms with Crippen LogP contribution in [0.3, 0.4) is 0 Å². The van der Waals surface area contributed by atoms with Gasteiger partial charge in [0, 0.05) is 51.4 Å². The van der Waals surface area contributed by atoms with Gasteiger partial charge in [-0.2, -0.15) is 5.26 Å². The summed E-state index contributed by atoms with van der Waals surface area (Å²) in [5.41, 5.74) is 4.48. The van der Waals surface area contributed by atoms with Gasteiger partial charge in [0.15, 0.2) is 0 Å². The van der Waals surface area contributed by atoms with Gasteiger partial charge in [-0.3, -0.25) is 4.90 Å². The van der Waals surface area contributed by atoms with E-state index in [2.05, 4.69) is 51.1 Å². The van der Waals surface area contributed by atoms with Crippen LogP contribution in [-0.4, -0.2) is 69.0 Å². The standard InChI is InChI=1S/C24H29N5O2/c25-16-21-20-6-7-27(17-19-4-2-1-3-5-19)18-22(20)24(29-10-14-31-15-11-29)26-23(21)28-8-12-30-13-9-28/h1-5H,6-15,17-18H2. The monoisotopic (exact) mass is 419 g/mol. The molecule has 5 rings (SSSR count). The van der Waals surface area contributed by atoms with E-state index in [4.69, 9.17) is 14.5 Å². The lowest BCUT2D eigenvalue weighted by molar-refractivity contribution is 0.121. The van der Waals surface area contributed by atoms with E-state index in [0.29, 0.717) is 13.2 Å². The first-order valence-corrected chi connectivity index (χ1v) is 11.2. The molecule has 0 amide bonds. The number of benzene rings is 1. The smallest absolute Gasteiger partial charge is 0.149 e. The highest BCUT2D eigenvalue weighted by atomic mass is 16.5. The Labute approximate surface area is 183 Å². The molecular formula is C24H29N5O2. The first kappa shape index (κ1) is 20.3. The third-order valence-electron chi connectivity index (χ3n) is 6.41. The minimum Gasteiger partial charge on any atom is -0.378 e. The lowest BCUT2D eigenvalue weighted by Gasteiger charge is -2.37. The summed E-state index contributed by atoms with van der Waals surface area (Å²) in [6, 6.07) is 13.1. The van der Waals surface area contributed by atoms with Crippen molar-refractivity contribution >= 4 is 11.6 Å². The van der Waals surface area contributed by atoms with Crippen molar-refractivity contribution in [2.45, 2.75) is 19.5 Å². The van der Waals surface area contributed by atoms with Crippen molar-refractivity contribution in [2.75, 3.05) is 69.0 Å². The van der Waals surface area contributed by atoms with Gasteiger partial charge in [-0.25, -0.2) is 4.98 Å². The summed E-state index contributed by atoms with van der Waals surface area (Å²) in [7, 11) is 0. The molecule has 0 atom stereocenters. The van der Waals surface area contributed by atoms with Gasteiger partial charge in [0.1, 0.15) is 17.7 Å². The van der Waals surface area contributed by atoms with E-state index in [1.54, 1.807) is 0 Å². The van der Waals surface area contributed by atoms with Gasteiger partial charge in [0.2, 0.25) is 0 Å². The van der Waals surface area contributed by atoms with E-state index in [0.717, 1.165) is 82.6 Å². The summed E-state index contributed by atoms with van der Waals surface area (Å²) in [6.07, 6.45) is 0.877. The molecule has 0 N–H and O–H groups in total. The Morgan fingerprint density at radius 2 is 1.48 bits per heavy atom. The lowest BCUT2D eigenvalue weighted by atomic mass is 9.94. The molecule has 0 spiro atoms. The van der Waals surface area contributed by atoms with E-state index < -0.39 is 0 Å². The third kappa shape index (κ3) is 4.24. The van der Waals surface area contributed by atoms with Crippen LogP contribution in [0.15, 0.2) is 30.3 Å². The maximum Gasteiger partial charge on any atom is 0.149 e. The van der Waals surface area contributed by atoms with Crippen LogP contribution in [0, 0.1) is 11.3 Å². The summed E-state index contributed by atoms with van der Waals surface area (Å²) in [5, 5.41) is 10.1. The second-order valence-corrected chi connectivity index (χ2v) is 8.35. The molecule has 1 aromatic carbocycles. The third-order valence-corrected chi connectivity index (χ3v) is 6.41. The average molecular weight is 420 g/mol. The largest absolute Gasteiger partial charge is 0.378 e. The van der Waals surface area contributed by atoms with Gasteiger partial charge in [-0.05, 0) is 17.5 Å². The van der Waals surface area contributed by atoms with E-state index >= 15 is 0 Å². The Bertz CT molecular complexity index is 947. The molecule has 2 saturated heterocycles. The van der Waals surface area contributed by atoms with Crippen LogP contribution < -0.4 is 9.80 Å². The number of nitriles is 1. The van der Waals surface area contributed by atoms with Gasteiger partial charge in [0.05, 0.1) is 32.0 Å². The van der Waals surface area contributed by atoms with Crippen LogP contribution in [0.25, 0.3) is 0 Å². The second kappa shape index (κ2) is 9.23. The molecule has 2 aromatic rings. The van der Waals surface area contributed by atoms with Crippen LogP contribution in [0.1, 0.15) is 22.3 Å². The summed E-state index contributed by atoms with van der Waals surface area (Å²) in [5.74, 6) is 1.87. The molecular weight excluding hydrogens is 390 g/mol. The molecule has 31 heavy (non-hydrogen) atoms. The predicted octanol–water partition coefficient (Wildman–Crippen LogP) is 2.18. The van der Waals surface area contributed by atoms with Crippen molar-refractivity contribution in [1.29, 1.82) is 5.26 Å². The minimum atomic E-state index is 0.682. The Morgan fingerprint density at radius 3 is 2.13 bits per heavy atom. The summed E-state index contributed by atoms with van der Waals surface area (Å²) in [6.45, 7) is 8.73. The quantitative estimate of drug-likeness (QED) is 0.753. The van der Waals surface area contributed by atoms with Crippen molar-refractivity contribution < 1.29 is 9.47 Å². The van der Waals surface area contributed by atoms with Crippen LogP contribution >= 0.6 is 0 Å². The number of aromatic nitrogens is 1.